The molecule has 220 valence electrons. The lowest BCUT2D eigenvalue weighted by Gasteiger charge is -2.49. The van der Waals surface area contributed by atoms with Gasteiger partial charge in [-0.1, -0.05) is 71.0 Å². The van der Waals surface area contributed by atoms with E-state index in [0.717, 1.165) is 6.04 Å². The van der Waals surface area contributed by atoms with Gasteiger partial charge in [-0.05, 0) is 54.5 Å². The van der Waals surface area contributed by atoms with Gasteiger partial charge in [-0.15, -0.1) is 0 Å². The van der Waals surface area contributed by atoms with Crippen LogP contribution in [0.1, 0.15) is 33.3 Å². The van der Waals surface area contributed by atoms with E-state index in [4.69, 9.17) is 13.9 Å². The number of fused-ring (bicyclic) bond motifs is 1. The second kappa shape index (κ2) is 9.75. The van der Waals surface area contributed by atoms with Crippen molar-refractivity contribution in [3.63, 3.8) is 0 Å². The first kappa shape index (κ1) is 29.9. The van der Waals surface area contributed by atoms with Crippen molar-refractivity contribution in [1.29, 1.82) is 0 Å². The highest BCUT2D eigenvalue weighted by atomic mass is 28.4. The molecule has 0 aromatic heterocycles. The predicted molar refractivity (Wildman–Crippen MR) is 165 cm³/mol. The summed E-state index contributed by atoms with van der Waals surface area (Å²) in [5.74, 6) is 11.9. The fraction of sp³-hybridized carbons (Fsp3) is 0.594. The Morgan fingerprint density at radius 3 is 2.37 bits per heavy atom. The molecule has 0 radical (unpaired) electrons. The molecule has 4 aliphatic rings. The summed E-state index contributed by atoms with van der Waals surface area (Å²) < 4.78 is 19.4. The normalized spacial score (nSPS) is 34.0. The van der Waals surface area contributed by atoms with Gasteiger partial charge in [-0.3, -0.25) is 4.90 Å². The molecule has 2 fully saturated rings. The Morgan fingerprint density at radius 1 is 1.07 bits per heavy atom. The average molecular weight is 594 g/mol. The van der Waals surface area contributed by atoms with Crippen molar-refractivity contribution < 1.29 is 28.9 Å². The van der Waals surface area contributed by atoms with Crippen LogP contribution in [0.3, 0.4) is 0 Å². The molecule has 41 heavy (non-hydrogen) atoms. The van der Waals surface area contributed by atoms with Crippen LogP contribution >= 0.6 is 0 Å². The lowest BCUT2D eigenvalue weighted by molar-refractivity contribution is -0.0769. The lowest BCUT2D eigenvalue weighted by Crippen LogP contribution is -2.65. The summed E-state index contributed by atoms with van der Waals surface area (Å²) in [6.45, 7) is 19.8. The van der Waals surface area contributed by atoms with Crippen LogP contribution in [0.4, 0.5) is 10.5 Å². The van der Waals surface area contributed by atoms with E-state index in [1.165, 1.54) is 0 Å². The predicted octanol–water partition coefficient (Wildman–Crippen LogP) is 5.26. The maximum absolute atomic E-state index is 13.9. The Hall–Kier alpha value is -2.54. The number of rotatable bonds is 5. The van der Waals surface area contributed by atoms with Crippen LogP contribution in [0.15, 0.2) is 30.4 Å². The largest absolute Gasteiger partial charge is 0.543 e. The number of epoxide rings is 1. The Kier molecular flexibility index (Phi) is 7.12. The van der Waals surface area contributed by atoms with Crippen molar-refractivity contribution in [3.05, 3.63) is 35.9 Å². The van der Waals surface area contributed by atoms with Gasteiger partial charge < -0.3 is 24.1 Å². The quantitative estimate of drug-likeness (QED) is 0.275. The summed E-state index contributed by atoms with van der Waals surface area (Å²) in [5.41, 5.74) is -0.871. The van der Waals surface area contributed by atoms with E-state index >= 15 is 0 Å². The van der Waals surface area contributed by atoms with Gasteiger partial charge in [0.1, 0.15) is 23.0 Å². The molecule has 2 N–H and O–H groups in total. The van der Waals surface area contributed by atoms with Gasteiger partial charge in [0, 0.05) is 19.6 Å². The maximum atomic E-state index is 13.9. The molecular weight excluding hydrogens is 551 g/mol. The van der Waals surface area contributed by atoms with Crippen LogP contribution in [-0.4, -0.2) is 63.2 Å². The molecule has 2 heterocycles. The van der Waals surface area contributed by atoms with Gasteiger partial charge in [0.15, 0.2) is 0 Å². The second-order valence-corrected chi connectivity index (χ2v) is 24.9. The highest BCUT2D eigenvalue weighted by molar-refractivity contribution is 6.76. The molecule has 0 spiro atoms. The molecule has 2 aliphatic heterocycles. The van der Waals surface area contributed by atoms with Crippen molar-refractivity contribution >= 4 is 28.2 Å². The number of hydrogen-bond acceptors (Lipinski definition) is 6. The number of benzene rings is 1. The smallest absolute Gasteiger partial charge is 0.415 e. The SMILES string of the molecule is C[C@H]1[C@H](O)[C@H](O)[C@@H]2C#C/C=C\C#C[C@@H]3N(C(=O)OCC[Si](C)(C)C)c4ccc(O[Si](C)(C)C(C)(C)C)cc4[C@]24O[C@]314. The molecule has 1 amide bonds. The number of ether oxygens (including phenoxy) is 2. The monoisotopic (exact) mass is 593 g/mol. The molecule has 2 aliphatic carbocycles. The second-order valence-electron chi connectivity index (χ2n) is 14.5. The number of hydrogen-bond donors (Lipinski definition) is 2. The molecule has 0 unspecified atom stereocenters. The lowest BCUT2D eigenvalue weighted by atomic mass is 9.58. The Morgan fingerprint density at radius 2 is 1.73 bits per heavy atom. The first-order valence-electron chi connectivity index (χ1n) is 14.5. The summed E-state index contributed by atoms with van der Waals surface area (Å²) in [6.07, 6.45) is 0.498. The zero-order chi connectivity index (χ0) is 30.2. The zero-order valence-electron chi connectivity index (χ0n) is 25.7. The van der Waals surface area contributed by atoms with Crippen LogP contribution in [0, 0.1) is 35.5 Å². The van der Waals surface area contributed by atoms with Crippen LogP contribution in [0.5, 0.6) is 5.75 Å². The van der Waals surface area contributed by atoms with Crippen LogP contribution < -0.4 is 9.33 Å². The number of aliphatic hydroxyl groups is 2. The summed E-state index contributed by atoms with van der Waals surface area (Å²) in [7, 11) is -3.64. The molecule has 5 rings (SSSR count). The van der Waals surface area contributed by atoms with Gasteiger partial charge >= 0.3 is 6.09 Å². The van der Waals surface area contributed by atoms with E-state index < -0.39 is 63.8 Å². The average Bonchev–Trinajstić information content (AvgIpc) is 3.57. The number of carbonyl (C=O) groups excluding carboxylic acids is 1. The van der Waals surface area contributed by atoms with Gasteiger partial charge in [-0.25, -0.2) is 4.79 Å². The number of amides is 1. The molecule has 1 aromatic rings. The number of anilines is 1. The van der Waals surface area contributed by atoms with Gasteiger partial charge in [-0.2, -0.15) is 0 Å². The summed E-state index contributed by atoms with van der Waals surface area (Å²) in [6, 6.07) is 5.79. The highest BCUT2D eigenvalue weighted by Crippen LogP contribution is 2.73. The molecule has 7 nitrogen and oxygen atoms in total. The van der Waals surface area contributed by atoms with Crippen molar-refractivity contribution in [1.82, 2.24) is 0 Å². The van der Waals surface area contributed by atoms with Crippen LogP contribution in [0.25, 0.3) is 0 Å². The minimum absolute atomic E-state index is 0.0229. The third-order valence-electron chi connectivity index (χ3n) is 9.64. The molecule has 1 aromatic carbocycles. The topological polar surface area (TPSA) is 91.8 Å². The van der Waals surface area contributed by atoms with Crippen molar-refractivity contribution in [2.45, 2.75) is 101 Å². The Bertz CT molecular complexity index is 1400. The van der Waals surface area contributed by atoms with Gasteiger partial charge in [0.2, 0.25) is 8.32 Å². The third kappa shape index (κ3) is 4.58. The number of aliphatic hydroxyl groups excluding tert-OH is 2. The summed E-state index contributed by atoms with van der Waals surface area (Å²) >= 11 is 0. The van der Waals surface area contributed by atoms with Crippen LogP contribution in [-0.2, 0) is 15.1 Å². The third-order valence-corrected chi connectivity index (χ3v) is 15.7. The molecular formula is C32H43NO6Si2. The van der Waals surface area contributed by atoms with Crippen molar-refractivity contribution in [2.24, 2.45) is 11.8 Å². The minimum atomic E-state index is -2.20. The minimum Gasteiger partial charge on any atom is -0.543 e. The van der Waals surface area contributed by atoms with E-state index in [0.29, 0.717) is 23.6 Å². The molecule has 4 bridgehead atoms. The molecule has 9 heteroatoms. The molecule has 1 saturated heterocycles. The van der Waals surface area contributed by atoms with Crippen LogP contribution in [0.2, 0.25) is 43.8 Å². The molecule has 7 atom stereocenters. The summed E-state index contributed by atoms with van der Waals surface area (Å²) in [4.78, 5) is 15.5. The Labute approximate surface area is 246 Å². The molecule has 1 saturated carbocycles. The first-order valence-corrected chi connectivity index (χ1v) is 21.1. The number of carbonyl (C=O) groups is 1. The van der Waals surface area contributed by atoms with Crippen molar-refractivity contribution in [3.8, 4) is 29.4 Å². The van der Waals surface area contributed by atoms with E-state index in [-0.39, 0.29) is 5.04 Å². The number of allylic oxidation sites excluding steroid dienone is 2. The highest BCUT2D eigenvalue weighted by Gasteiger charge is 2.87. The standard InChI is InChI=1S/C32H43NO6Si2/c1-21-27(34)28(35)23-14-12-10-11-13-15-26-31(21)32(23,39-31)24-20-22(38-41(8,9)30(2,3)4)16-17-25(24)33(26)29(36)37-18-19-40(5,6)7/h10-11,16-17,20-21,23,26-28,34-35H,18-19H2,1-9H3/b11-10-/t21-,23-,26-,27-,28+,31-,32+/m0/s1. The Balaban J connectivity index is 1.70. The van der Waals surface area contributed by atoms with E-state index in [9.17, 15) is 15.0 Å². The maximum Gasteiger partial charge on any atom is 0.415 e. The number of nitrogens with zero attached hydrogens (tertiary/aromatic N) is 1. The van der Waals surface area contributed by atoms with E-state index in [1.54, 1.807) is 17.1 Å². The summed E-state index contributed by atoms with van der Waals surface area (Å²) in [5, 5.41) is 22.6. The van der Waals surface area contributed by atoms with Gasteiger partial charge in [0.05, 0.1) is 30.4 Å². The fourth-order valence-corrected chi connectivity index (χ4v) is 7.93. The fourth-order valence-electron chi connectivity index (χ4n) is 6.20. The zero-order valence-corrected chi connectivity index (χ0v) is 27.7. The van der Waals surface area contributed by atoms with E-state index in [1.807, 2.05) is 25.1 Å². The van der Waals surface area contributed by atoms with Crippen molar-refractivity contribution in [2.75, 3.05) is 11.5 Å². The van der Waals surface area contributed by atoms with E-state index in [2.05, 4.69) is 77.2 Å². The first-order chi connectivity index (χ1) is 19.0. The van der Waals surface area contributed by atoms with Gasteiger partial charge in [0.25, 0.3) is 0 Å².